The Labute approximate surface area is 160 Å². The molecule has 0 fully saturated rings. The minimum atomic E-state index is -0.0681. The summed E-state index contributed by atoms with van der Waals surface area (Å²) in [5.41, 5.74) is 6.31. The van der Waals surface area contributed by atoms with Crippen LogP contribution in [-0.2, 0) is 0 Å². The standard InChI is InChI=1S/C24H25NO2/c1-14(2)13-27-24-17(5)10-20(11-18(24)6)23(26)22-21-12-16(4)15(3)9-19(21)7-8-25-22/h7-12H,1,13H2,2-6H3. The molecule has 2 aromatic carbocycles. The van der Waals surface area contributed by atoms with Crippen LogP contribution in [0.15, 0.2) is 48.7 Å². The number of ketones is 1. The van der Waals surface area contributed by atoms with Gasteiger partial charge in [0.2, 0.25) is 5.78 Å². The van der Waals surface area contributed by atoms with Crippen molar-refractivity contribution in [1.29, 1.82) is 0 Å². The number of pyridine rings is 1. The molecular weight excluding hydrogens is 334 g/mol. The van der Waals surface area contributed by atoms with Crippen molar-refractivity contribution in [2.75, 3.05) is 6.61 Å². The molecule has 0 bridgehead atoms. The number of carbonyl (C=O) groups excluding carboxylic acids is 1. The van der Waals surface area contributed by atoms with Gasteiger partial charge in [-0.15, -0.1) is 0 Å². The van der Waals surface area contributed by atoms with Crippen LogP contribution in [0.25, 0.3) is 10.8 Å². The Morgan fingerprint density at radius 2 is 1.63 bits per heavy atom. The fourth-order valence-corrected chi connectivity index (χ4v) is 3.27. The van der Waals surface area contributed by atoms with Gasteiger partial charge in [0.15, 0.2) is 0 Å². The lowest BCUT2D eigenvalue weighted by atomic mass is 9.96. The van der Waals surface area contributed by atoms with Gasteiger partial charge < -0.3 is 4.74 Å². The van der Waals surface area contributed by atoms with Crippen molar-refractivity contribution in [2.24, 2.45) is 0 Å². The third-order valence-electron chi connectivity index (χ3n) is 4.78. The molecular formula is C24H25NO2. The molecule has 3 heteroatoms. The van der Waals surface area contributed by atoms with Crippen LogP contribution in [0.1, 0.15) is 45.2 Å². The summed E-state index contributed by atoms with van der Waals surface area (Å²) in [6.07, 6.45) is 1.70. The number of aromatic nitrogens is 1. The first-order valence-electron chi connectivity index (χ1n) is 9.07. The largest absolute Gasteiger partial charge is 0.489 e. The van der Waals surface area contributed by atoms with Crippen LogP contribution in [0.5, 0.6) is 5.75 Å². The van der Waals surface area contributed by atoms with Gasteiger partial charge in [-0.25, -0.2) is 0 Å². The molecule has 0 aliphatic carbocycles. The fraction of sp³-hybridized carbons (Fsp3) is 0.250. The number of benzene rings is 2. The third kappa shape index (κ3) is 3.77. The van der Waals surface area contributed by atoms with E-state index < -0.39 is 0 Å². The monoisotopic (exact) mass is 359 g/mol. The molecule has 1 heterocycles. The molecule has 0 atom stereocenters. The second-order valence-corrected chi connectivity index (χ2v) is 7.33. The van der Waals surface area contributed by atoms with E-state index >= 15 is 0 Å². The number of rotatable bonds is 5. The molecule has 0 unspecified atom stereocenters. The Balaban J connectivity index is 2.05. The molecule has 0 saturated heterocycles. The lowest BCUT2D eigenvalue weighted by Crippen LogP contribution is -2.08. The highest BCUT2D eigenvalue weighted by Gasteiger charge is 2.17. The van der Waals surface area contributed by atoms with Crippen molar-refractivity contribution in [2.45, 2.75) is 34.6 Å². The summed E-state index contributed by atoms with van der Waals surface area (Å²) in [4.78, 5) is 17.6. The summed E-state index contributed by atoms with van der Waals surface area (Å²) in [5.74, 6) is 0.744. The smallest absolute Gasteiger partial charge is 0.211 e. The number of hydrogen-bond acceptors (Lipinski definition) is 3. The summed E-state index contributed by atoms with van der Waals surface area (Å²) in [6.45, 7) is 14.3. The molecule has 27 heavy (non-hydrogen) atoms. The zero-order valence-electron chi connectivity index (χ0n) is 16.6. The van der Waals surface area contributed by atoms with Crippen molar-refractivity contribution in [3.8, 4) is 5.75 Å². The topological polar surface area (TPSA) is 39.2 Å². The predicted octanol–water partition coefficient (Wildman–Crippen LogP) is 5.65. The SMILES string of the molecule is C=C(C)COc1c(C)cc(C(=O)c2nccc3cc(C)c(C)cc23)cc1C. The van der Waals surface area contributed by atoms with Crippen LogP contribution in [-0.4, -0.2) is 17.4 Å². The van der Waals surface area contributed by atoms with Crippen molar-refractivity contribution in [1.82, 2.24) is 4.98 Å². The molecule has 0 saturated carbocycles. The van der Waals surface area contributed by atoms with E-state index in [1.165, 1.54) is 5.56 Å². The van der Waals surface area contributed by atoms with Gasteiger partial charge in [0, 0.05) is 17.1 Å². The number of fused-ring (bicyclic) bond motifs is 1. The summed E-state index contributed by atoms with van der Waals surface area (Å²) < 4.78 is 5.84. The minimum Gasteiger partial charge on any atom is -0.489 e. The van der Waals surface area contributed by atoms with Crippen LogP contribution >= 0.6 is 0 Å². The quantitative estimate of drug-likeness (QED) is 0.436. The van der Waals surface area contributed by atoms with Crippen molar-refractivity contribution in [3.05, 3.63) is 82.2 Å². The number of aryl methyl sites for hydroxylation is 4. The average molecular weight is 359 g/mol. The number of carbonyl (C=O) groups is 1. The van der Waals surface area contributed by atoms with Gasteiger partial charge in [0.05, 0.1) is 0 Å². The zero-order chi connectivity index (χ0) is 19.7. The number of hydrogen-bond donors (Lipinski definition) is 0. The third-order valence-corrected chi connectivity index (χ3v) is 4.78. The Morgan fingerprint density at radius 3 is 2.26 bits per heavy atom. The van der Waals surface area contributed by atoms with E-state index in [2.05, 4.69) is 37.5 Å². The number of ether oxygens (including phenoxy) is 1. The first-order chi connectivity index (χ1) is 12.8. The Kier molecular flexibility index (Phi) is 5.13. The summed E-state index contributed by atoms with van der Waals surface area (Å²) in [5, 5.41) is 1.93. The molecule has 1 aromatic heterocycles. The highest BCUT2D eigenvalue weighted by atomic mass is 16.5. The van der Waals surface area contributed by atoms with E-state index in [1.54, 1.807) is 6.20 Å². The lowest BCUT2D eigenvalue weighted by Gasteiger charge is -2.14. The van der Waals surface area contributed by atoms with Crippen LogP contribution < -0.4 is 4.74 Å². The highest BCUT2D eigenvalue weighted by molar-refractivity contribution is 6.15. The molecule has 0 aliphatic heterocycles. The maximum atomic E-state index is 13.2. The molecule has 0 amide bonds. The van der Waals surface area contributed by atoms with Gasteiger partial charge in [0.25, 0.3) is 0 Å². The fourth-order valence-electron chi connectivity index (χ4n) is 3.27. The molecule has 3 aromatic rings. The van der Waals surface area contributed by atoms with E-state index in [4.69, 9.17) is 4.74 Å². The first kappa shape index (κ1) is 18.8. The van der Waals surface area contributed by atoms with Crippen LogP contribution in [0, 0.1) is 27.7 Å². The molecule has 3 rings (SSSR count). The van der Waals surface area contributed by atoms with Gasteiger partial charge in [-0.1, -0.05) is 12.6 Å². The second-order valence-electron chi connectivity index (χ2n) is 7.33. The van der Waals surface area contributed by atoms with Gasteiger partial charge in [-0.05, 0) is 92.1 Å². The van der Waals surface area contributed by atoms with Crippen LogP contribution in [0.3, 0.4) is 0 Å². The van der Waals surface area contributed by atoms with Gasteiger partial charge in [0.1, 0.15) is 18.1 Å². The molecule has 138 valence electrons. The summed E-state index contributed by atoms with van der Waals surface area (Å²) >= 11 is 0. The van der Waals surface area contributed by atoms with E-state index in [0.29, 0.717) is 17.9 Å². The minimum absolute atomic E-state index is 0.0681. The normalized spacial score (nSPS) is 10.9. The second kappa shape index (κ2) is 7.36. The van der Waals surface area contributed by atoms with Crippen molar-refractivity contribution >= 4 is 16.6 Å². The Hall–Kier alpha value is -2.94. The first-order valence-corrected chi connectivity index (χ1v) is 9.07. The van der Waals surface area contributed by atoms with Crippen LogP contribution in [0.4, 0.5) is 0 Å². The van der Waals surface area contributed by atoms with Gasteiger partial charge in [-0.3, -0.25) is 9.78 Å². The van der Waals surface area contributed by atoms with Crippen molar-refractivity contribution < 1.29 is 9.53 Å². The summed E-state index contributed by atoms with van der Waals surface area (Å²) in [6, 6.07) is 9.86. The van der Waals surface area contributed by atoms with E-state index in [9.17, 15) is 4.79 Å². The van der Waals surface area contributed by atoms with E-state index in [0.717, 1.165) is 38.8 Å². The number of nitrogens with zero attached hydrogens (tertiary/aromatic N) is 1. The Morgan fingerprint density at radius 1 is 1.00 bits per heavy atom. The predicted molar refractivity (Wildman–Crippen MR) is 111 cm³/mol. The average Bonchev–Trinajstić information content (AvgIpc) is 2.60. The molecule has 3 nitrogen and oxygen atoms in total. The molecule has 0 radical (unpaired) electrons. The molecule has 0 spiro atoms. The lowest BCUT2D eigenvalue weighted by molar-refractivity contribution is 0.103. The van der Waals surface area contributed by atoms with E-state index in [-0.39, 0.29) is 5.78 Å². The van der Waals surface area contributed by atoms with E-state index in [1.807, 2.05) is 39.0 Å². The van der Waals surface area contributed by atoms with Gasteiger partial charge in [-0.2, -0.15) is 0 Å². The molecule has 0 N–H and O–H groups in total. The Bertz CT molecular complexity index is 1040. The maximum absolute atomic E-state index is 13.2. The van der Waals surface area contributed by atoms with Crippen molar-refractivity contribution in [3.63, 3.8) is 0 Å². The highest BCUT2D eigenvalue weighted by Crippen LogP contribution is 2.28. The summed E-state index contributed by atoms with van der Waals surface area (Å²) in [7, 11) is 0. The van der Waals surface area contributed by atoms with Gasteiger partial charge >= 0.3 is 0 Å². The zero-order valence-corrected chi connectivity index (χ0v) is 16.6. The molecule has 0 aliphatic rings. The van der Waals surface area contributed by atoms with Crippen LogP contribution in [0.2, 0.25) is 0 Å². The maximum Gasteiger partial charge on any atom is 0.211 e.